The number of hydrogen-bond acceptors (Lipinski definition) is 1. The molecule has 0 atom stereocenters. The number of halogens is 1. The van der Waals surface area contributed by atoms with Crippen molar-refractivity contribution in [1.29, 1.82) is 0 Å². The van der Waals surface area contributed by atoms with E-state index < -0.39 is 0 Å². The summed E-state index contributed by atoms with van der Waals surface area (Å²) < 4.78 is 0. The van der Waals surface area contributed by atoms with Crippen LogP contribution in [-0.2, 0) is 12.6 Å². The topological polar surface area (TPSA) is 0 Å². The standard InChI is InChI=1S/C9H12S.ClH.Mg/c1-7(2)8-3-5-9(10)6-4-8;;/h3-7,10H,1-2H3;1H;/q;;+2/p-2. The Hall–Kier alpha value is 0.496. The fourth-order valence-electron chi connectivity index (χ4n) is 0.853. The zero-order valence-corrected chi connectivity index (χ0v) is 10.4. The fourth-order valence-corrected chi connectivity index (χ4v) is 0.989. The smallest absolute Gasteiger partial charge is 1.00 e. The van der Waals surface area contributed by atoms with Crippen LogP contribution in [0, 0.1) is 0 Å². The molecule has 1 aromatic rings. The van der Waals surface area contributed by atoms with E-state index in [0.29, 0.717) is 5.92 Å². The first-order valence-electron chi connectivity index (χ1n) is 3.47. The van der Waals surface area contributed by atoms with Gasteiger partial charge in [-0.2, -0.15) is 4.90 Å². The van der Waals surface area contributed by atoms with Crippen molar-refractivity contribution in [2.45, 2.75) is 24.7 Å². The van der Waals surface area contributed by atoms with Gasteiger partial charge in [-0.3, -0.25) is 0 Å². The van der Waals surface area contributed by atoms with Crippen molar-refractivity contribution in [2.75, 3.05) is 0 Å². The third-order valence-corrected chi connectivity index (χ3v) is 1.82. The van der Waals surface area contributed by atoms with Gasteiger partial charge in [0.05, 0.1) is 0 Å². The Bertz CT molecular complexity index is 208. The van der Waals surface area contributed by atoms with Gasteiger partial charge >= 0.3 is 23.1 Å². The van der Waals surface area contributed by atoms with Crippen LogP contribution in [0.3, 0.4) is 0 Å². The summed E-state index contributed by atoms with van der Waals surface area (Å²) in [4.78, 5) is 0.921. The Labute approximate surface area is 102 Å². The van der Waals surface area contributed by atoms with E-state index in [1.54, 1.807) is 0 Å². The Balaban J connectivity index is 0. The monoisotopic (exact) mass is 210 g/mol. The first kappa shape index (κ1) is 15.0. The summed E-state index contributed by atoms with van der Waals surface area (Å²) in [5.41, 5.74) is 1.36. The van der Waals surface area contributed by atoms with Crippen LogP contribution in [0.4, 0.5) is 0 Å². The Morgan fingerprint density at radius 2 is 1.50 bits per heavy atom. The van der Waals surface area contributed by atoms with Gasteiger partial charge in [-0.1, -0.05) is 38.1 Å². The van der Waals surface area contributed by atoms with E-state index in [1.165, 1.54) is 5.56 Å². The maximum absolute atomic E-state index is 4.96. The quantitative estimate of drug-likeness (QED) is 0.439. The average molecular weight is 211 g/mol. The van der Waals surface area contributed by atoms with Crippen LogP contribution < -0.4 is 12.4 Å². The number of benzene rings is 1. The van der Waals surface area contributed by atoms with Crippen molar-refractivity contribution in [3.8, 4) is 0 Å². The molecule has 0 aliphatic heterocycles. The molecule has 1 aromatic carbocycles. The van der Waals surface area contributed by atoms with Crippen LogP contribution in [0.1, 0.15) is 25.3 Å². The zero-order chi connectivity index (χ0) is 7.56. The van der Waals surface area contributed by atoms with Crippen molar-refractivity contribution in [3.05, 3.63) is 29.8 Å². The first-order chi connectivity index (χ1) is 4.70. The van der Waals surface area contributed by atoms with Gasteiger partial charge in [0.25, 0.3) is 0 Å². The molecule has 0 radical (unpaired) electrons. The minimum Gasteiger partial charge on any atom is -1.00 e. The second-order valence-corrected chi connectivity index (χ2v) is 3.20. The Kier molecular flexibility index (Phi) is 8.69. The summed E-state index contributed by atoms with van der Waals surface area (Å²) in [6.07, 6.45) is 0. The third-order valence-electron chi connectivity index (χ3n) is 1.55. The molecule has 0 aliphatic rings. The number of rotatable bonds is 1. The van der Waals surface area contributed by atoms with Gasteiger partial charge in [-0.25, -0.2) is 0 Å². The molecule has 0 spiro atoms. The molecule has 0 aromatic heterocycles. The molecule has 0 nitrogen and oxygen atoms in total. The SMILES string of the molecule is CC(C)c1ccc([S-])cc1.[Cl-].[Mg+2]. The molecule has 0 heterocycles. The number of hydrogen-bond donors (Lipinski definition) is 0. The minimum absolute atomic E-state index is 0. The van der Waals surface area contributed by atoms with Gasteiger partial charge in [-0.05, 0) is 11.5 Å². The van der Waals surface area contributed by atoms with E-state index in [4.69, 9.17) is 12.6 Å². The summed E-state index contributed by atoms with van der Waals surface area (Å²) in [6, 6.07) is 8.13. The molecule has 0 saturated heterocycles. The maximum atomic E-state index is 4.96. The molecular weight excluding hydrogens is 200 g/mol. The molecule has 1 rings (SSSR count). The van der Waals surface area contributed by atoms with Gasteiger partial charge < -0.3 is 25.0 Å². The molecule has 0 fully saturated rings. The predicted molar refractivity (Wildman–Crippen MR) is 51.9 cm³/mol. The van der Waals surface area contributed by atoms with Crippen molar-refractivity contribution < 1.29 is 12.4 Å². The van der Waals surface area contributed by atoms with E-state index in [1.807, 2.05) is 12.1 Å². The van der Waals surface area contributed by atoms with E-state index >= 15 is 0 Å². The third kappa shape index (κ3) is 4.50. The normalized spacial score (nSPS) is 8.58. The van der Waals surface area contributed by atoms with Gasteiger partial charge in [0.1, 0.15) is 0 Å². The van der Waals surface area contributed by atoms with Crippen LogP contribution in [0.15, 0.2) is 29.2 Å². The predicted octanol–water partition coefficient (Wildman–Crippen LogP) is -0.661. The van der Waals surface area contributed by atoms with Gasteiger partial charge in [0.2, 0.25) is 0 Å². The molecule has 0 N–H and O–H groups in total. The van der Waals surface area contributed by atoms with Crippen molar-refractivity contribution in [3.63, 3.8) is 0 Å². The van der Waals surface area contributed by atoms with Gasteiger partial charge in [0.15, 0.2) is 0 Å². The second kappa shape index (κ2) is 6.95. The second-order valence-electron chi connectivity index (χ2n) is 2.72. The summed E-state index contributed by atoms with van der Waals surface area (Å²) >= 11 is 4.96. The summed E-state index contributed by atoms with van der Waals surface area (Å²) in [7, 11) is 0. The fraction of sp³-hybridized carbons (Fsp3) is 0.333. The Morgan fingerprint density at radius 1 is 1.08 bits per heavy atom. The van der Waals surface area contributed by atoms with Gasteiger partial charge in [-0.15, -0.1) is 0 Å². The first-order valence-corrected chi connectivity index (χ1v) is 3.88. The largest absolute Gasteiger partial charge is 2.00 e. The van der Waals surface area contributed by atoms with Crippen LogP contribution in [-0.4, -0.2) is 23.1 Å². The van der Waals surface area contributed by atoms with Crippen molar-refractivity contribution in [1.82, 2.24) is 0 Å². The van der Waals surface area contributed by atoms with Crippen molar-refractivity contribution >= 4 is 35.7 Å². The van der Waals surface area contributed by atoms with E-state index in [2.05, 4.69) is 26.0 Å². The maximum Gasteiger partial charge on any atom is 2.00 e. The van der Waals surface area contributed by atoms with Gasteiger partial charge in [0, 0.05) is 0 Å². The molecule has 0 saturated carbocycles. The molecule has 0 amide bonds. The van der Waals surface area contributed by atoms with E-state index in [9.17, 15) is 0 Å². The summed E-state index contributed by atoms with van der Waals surface area (Å²) in [6.45, 7) is 4.36. The molecule has 12 heavy (non-hydrogen) atoms. The van der Waals surface area contributed by atoms with Crippen LogP contribution in [0.2, 0.25) is 0 Å². The molecule has 0 aliphatic carbocycles. The average Bonchev–Trinajstić information content (AvgIpc) is 1.88. The van der Waals surface area contributed by atoms with Crippen LogP contribution >= 0.6 is 0 Å². The molecule has 0 bridgehead atoms. The summed E-state index contributed by atoms with van der Waals surface area (Å²) in [5, 5.41) is 0. The van der Waals surface area contributed by atoms with Crippen LogP contribution in [0.25, 0.3) is 0 Å². The molecule has 62 valence electrons. The summed E-state index contributed by atoms with van der Waals surface area (Å²) in [5.74, 6) is 0.607. The van der Waals surface area contributed by atoms with Crippen LogP contribution in [0.5, 0.6) is 0 Å². The van der Waals surface area contributed by atoms with E-state index in [-0.39, 0.29) is 35.5 Å². The minimum atomic E-state index is 0. The molecule has 3 heteroatoms. The molecular formula is C9H11ClMgS. The van der Waals surface area contributed by atoms with E-state index in [0.717, 1.165) is 4.90 Å². The Morgan fingerprint density at radius 3 is 1.83 bits per heavy atom. The van der Waals surface area contributed by atoms with Crippen molar-refractivity contribution in [2.24, 2.45) is 0 Å². The molecule has 0 unspecified atom stereocenters. The zero-order valence-electron chi connectivity index (χ0n) is 7.38.